The normalized spacial score (nSPS) is 19.0. The molecule has 0 bridgehead atoms. The van der Waals surface area contributed by atoms with Crippen molar-refractivity contribution in [2.45, 2.75) is 13.3 Å². The molecular weight excluding hydrogens is 254 g/mol. The molecular formula is C13H14ClNO3. The minimum Gasteiger partial charge on any atom is -0.481 e. The lowest BCUT2D eigenvalue weighted by molar-refractivity contribution is -0.141. The summed E-state index contributed by atoms with van der Waals surface area (Å²) in [5.74, 6) is -1.40. The molecule has 18 heavy (non-hydrogen) atoms. The number of halogens is 1. The standard InChI is InChI=1S/C13H14ClNO3/c1-8-6-9(2-3-11(8)14)12(16)15-5-4-10(7-15)13(17)18/h2-3,6,10H,4-5,7H2,1H3,(H,17,18)/t10-/m0/s1. The Morgan fingerprint density at radius 3 is 2.72 bits per heavy atom. The Morgan fingerprint density at radius 2 is 2.17 bits per heavy atom. The first kappa shape index (κ1) is 12.9. The number of rotatable bonds is 2. The van der Waals surface area contributed by atoms with Crippen LogP contribution in [0.1, 0.15) is 22.3 Å². The molecule has 1 aromatic carbocycles. The molecule has 96 valence electrons. The summed E-state index contributed by atoms with van der Waals surface area (Å²) < 4.78 is 0. The Balaban J connectivity index is 2.12. The van der Waals surface area contributed by atoms with Gasteiger partial charge < -0.3 is 10.0 Å². The maximum atomic E-state index is 12.2. The number of hydrogen-bond donors (Lipinski definition) is 1. The first-order valence-corrected chi connectivity index (χ1v) is 6.15. The number of aliphatic carboxylic acids is 1. The van der Waals surface area contributed by atoms with Gasteiger partial charge in [-0.2, -0.15) is 0 Å². The summed E-state index contributed by atoms with van der Waals surface area (Å²) in [6.45, 7) is 2.62. The van der Waals surface area contributed by atoms with Crippen molar-refractivity contribution in [2.75, 3.05) is 13.1 Å². The van der Waals surface area contributed by atoms with Gasteiger partial charge in [0.1, 0.15) is 0 Å². The third kappa shape index (κ3) is 2.48. The van der Waals surface area contributed by atoms with E-state index in [1.807, 2.05) is 6.92 Å². The molecule has 1 aromatic rings. The van der Waals surface area contributed by atoms with Gasteiger partial charge >= 0.3 is 5.97 Å². The van der Waals surface area contributed by atoms with Crippen molar-refractivity contribution in [1.82, 2.24) is 4.90 Å². The molecule has 1 aliphatic heterocycles. The van der Waals surface area contributed by atoms with E-state index in [4.69, 9.17) is 16.7 Å². The second-order valence-electron chi connectivity index (χ2n) is 4.54. The molecule has 1 aliphatic rings. The molecule has 0 aliphatic carbocycles. The number of amides is 1. The highest BCUT2D eigenvalue weighted by molar-refractivity contribution is 6.31. The van der Waals surface area contributed by atoms with Crippen LogP contribution in [-0.2, 0) is 4.79 Å². The third-order valence-corrected chi connectivity index (χ3v) is 3.65. The Morgan fingerprint density at radius 1 is 1.44 bits per heavy atom. The van der Waals surface area contributed by atoms with E-state index in [0.717, 1.165) is 5.56 Å². The smallest absolute Gasteiger partial charge is 0.308 e. The van der Waals surface area contributed by atoms with Crippen molar-refractivity contribution in [3.63, 3.8) is 0 Å². The van der Waals surface area contributed by atoms with Crippen molar-refractivity contribution in [3.05, 3.63) is 34.3 Å². The maximum Gasteiger partial charge on any atom is 0.308 e. The van der Waals surface area contributed by atoms with Gasteiger partial charge in [-0.25, -0.2) is 0 Å². The number of likely N-dealkylation sites (tertiary alicyclic amines) is 1. The zero-order chi connectivity index (χ0) is 13.3. The average Bonchev–Trinajstić information content (AvgIpc) is 2.81. The Bertz CT molecular complexity index is 501. The number of carbonyl (C=O) groups is 2. The molecule has 0 saturated carbocycles. The average molecular weight is 268 g/mol. The van der Waals surface area contributed by atoms with Crippen molar-refractivity contribution in [2.24, 2.45) is 5.92 Å². The van der Waals surface area contributed by atoms with E-state index >= 15 is 0 Å². The first-order valence-electron chi connectivity index (χ1n) is 5.77. The minimum absolute atomic E-state index is 0.126. The molecule has 1 fully saturated rings. The van der Waals surface area contributed by atoms with Gasteiger partial charge in [0.15, 0.2) is 0 Å². The van der Waals surface area contributed by atoms with Crippen LogP contribution in [0.5, 0.6) is 0 Å². The third-order valence-electron chi connectivity index (χ3n) is 3.23. The van der Waals surface area contributed by atoms with Crippen LogP contribution >= 0.6 is 11.6 Å². The highest BCUT2D eigenvalue weighted by Crippen LogP contribution is 2.21. The fourth-order valence-corrected chi connectivity index (χ4v) is 2.22. The van der Waals surface area contributed by atoms with Crippen molar-refractivity contribution in [3.8, 4) is 0 Å². The van der Waals surface area contributed by atoms with Gasteiger partial charge in [-0.3, -0.25) is 9.59 Å². The van der Waals surface area contributed by atoms with E-state index in [0.29, 0.717) is 23.6 Å². The van der Waals surface area contributed by atoms with Crippen LogP contribution in [0.3, 0.4) is 0 Å². The van der Waals surface area contributed by atoms with Crippen LogP contribution in [0.4, 0.5) is 0 Å². The lowest BCUT2D eigenvalue weighted by atomic mass is 10.1. The van der Waals surface area contributed by atoms with Gasteiger partial charge in [0, 0.05) is 23.7 Å². The summed E-state index contributed by atoms with van der Waals surface area (Å²) in [6.07, 6.45) is 0.521. The van der Waals surface area contributed by atoms with Crippen LogP contribution < -0.4 is 0 Å². The van der Waals surface area contributed by atoms with E-state index < -0.39 is 11.9 Å². The van der Waals surface area contributed by atoms with Crippen LogP contribution in [0.25, 0.3) is 0 Å². The summed E-state index contributed by atoms with van der Waals surface area (Å²) >= 11 is 5.91. The predicted molar refractivity (Wildman–Crippen MR) is 67.8 cm³/mol. The molecule has 0 radical (unpaired) electrons. The van der Waals surface area contributed by atoms with Gasteiger partial charge in [-0.05, 0) is 37.1 Å². The van der Waals surface area contributed by atoms with Crippen LogP contribution in [-0.4, -0.2) is 35.0 Å². The molecule has 2 rings (SSSR count). The molecule has 1 amide bonds. The number of benzene rings is 1. The summed E-state index contributed by atoms with van der Waals surface area (Å²) in [4.78, 5) is 24.6. The number of carbonyl (C=O) groups excluding carboxylic acids is 1. The highest BCUT2D eigenvalue weighted by Gasteiger charge is 2.31. The van der Waals surface area contributed by atoms with E-state index in [9.17, 15) is 9.59 Å². The molecule has 1 saturated heterocycles. The van der Waals surface area contributed by atoms with E-state index in [1.54, 1.807) is 23.1 Å². The van der Waals surface area contributed by atoms with Gasteiger partial charge in [0.05, 0.1) is 5.92 Å². The number of hydrogen-bond acceptors (Lipinski definition) is 2. The van der Waals surface area contributed by atoms with E-state index in [-0.39, 0.29) is 12.5 Å². The monoisotopic (exact) mass is 267 g/mol. The Kier molecular flexibility index (Phi) is 3.57. The Hall–Kier alpha value is -1.55. The quantitative estimate of drug-likeness (QED) is 0.894. The molecule has 0 spiro atoms. The van der Waals surface area contributed by atoms with Gasteiger partial charge in [0.2, 0.25) is 0 Å². The fourth-order valence-electron chi connectivity index (χ4n) is 2.11. The fraction of sp³-hybridized carbons (Fsp3) is 0.385. The molecule has 1 N–H and O–H groups in total. The summed E-state index contributed by atoms with van der Waals surface area (Å²) in [6, 6.07) is 5.10. The molecule has 0 unspecified atom stereocenters. The second-order valence-corrected chi connectivity index (χ2v) is 4.95. The van der Waals surface area contributed by atoms with Gasteiger partial charge in [0.25, 0.3) is 5.91 Å². The van der Waals surface area contributed by atoms with Crippen molar-refractivity contribution < 1.29 is 14.7 Å². The van der Waals surface area contributed by atoms with Crippen LogP contribution in [0, 0.1) is 12.8 Å². The summed E-state index contributed by atoms with van der Waals surface area (Å²) in [7, 11) is 0. The predicted octanol–water partition coefficient (Wildman–Crippen LogP) is 2.20. The number of aryl methyl sites for hydroxylation is 1. The van der Waals surface area contributed by atoms with Crippen molar-refractivity contribution >= 4 is 23.5 Å². The molecule has 0 aromatic heterocycles. The number of nitrogens with zero attached hydrogens (tertiary/aromatic N) is 1. The van der Waals surface area contributed by atoms with Gasteiger partial charge in [-0.15, -0.1) is 0 Å². The SMILES string of the molecule is Cc1cc(C(=O)N2CC[C@H](C(=O)O)C2)ccc1Cl. The molecule has 1 heterocycles. The van der Waals surface area contributed by atoms with E-state index in [1.165, 1.54) is 0 Å². The second kappa shape index (κ2) is 4.98. The summed E-state index contributed by atoms with van der Waals surface area (Å²) in [5.41, 5.74) is 1.40. The van der Waals surface area contributed by atoms with Crippen molar-refractivity contribution in [1.29, 1.82) is 0 Å². The van der Waals surface area contributed by atoms with Crippen LogP contribution in [0.15, 0.2) is 18.2 Å². The molecule has 5 heteroatoms. The molecule has 4 nitrogen and oxygen atoms in total. The zero-order valence-corrected chi connectivity index (χ0v) is 10.8. The van der Waals surface area contributed by atoms with Gasteiger partial charge in [-0.1, -0.05) is 11.6 Å². The Labute approximate surface area is 110 Å². The maximum absolute atomic E-state index is 12.2. The first-order chi connectivity index (χ1) is 8.49. The topological polar surface area (TPSA) is 57.6 Å². The number of carboxylic acid groups (broad SMARTS) is 1. The minimum atomic E-state index is -0.836. The highest BCUT2D eigenvalue weighted by atomic mass is 35.5. The number of carboxylic acids is 1. The zero-order valence-electron chi connectivity index (χ0n) is 10.0. The van der Waals surface area contributed by atoms with Crippen LogP contribution in [0.2, 0.25) is 5.02 Å². The lowest BCUT2D eigenvalue weighted by Crippen LogP contribution is -2.29. The van der Waals surface area contributed by atoms with E-state index in [2.05, 4.69) is 0 Å². The summed E-state index contributed by atoms with van der Waals surface area (Å²) in [5, 5.41) is 9.53. The lowest BCUT2D eigenvalue weighted by Gasteiger charge is -2.16. The molecule has 1 atom stereocenters. The largest absolute Gasteiger partial charge is 0.481 e.